The van der Waals surface area contributed by atoms with Gasteiger partial charge in [0.25, 0.3) is 0 Å². The van der Waals surface area contributed by atoms with Gasteiger partial charge in [0.1, 0.15) is 0 Å². The molecule has 2 heterocycles. The van der Waals surface area contributed by atoms with Crippen LogP contribution in [-0.2, 0) is 27.8 Å². The summed E-state index contributed by atoms with van der Waals surface area (Å²) in [6.45, 7) is 5.75. The average Bonchev–Trinajstić information content (AvgIpc) is 3.36. The Kier molecular flexibility index (Phi) is 7.97. The topological polar surface area (TPSA) is 105 Å². The van der Waals surface area contributed by atoms with Crippen molar-refractivity contribution in [2.45, 2.75) is 63.3 Å². The van der Waals surface area contributed by atoms with Gasteiger partial charge in [-0.05, 0) is 42.0 Å². The predicted molar refractivity (Wildman–Crippen MR) is 133 cm³/mol. The van der Waals surface area contributed by atoms with E-state index < -0.39 is 10.0 Å². The zero-order valence-electron chi connectivity index (χ0n) is 20.2. The van der Waals surface area contributed by atoms with Crippen molar-refractivity contribution in [3.05, 3.63) is 65.5 Å². The van der Waals surface area contributed by atoms with Crippen LogP contribution < -0.4 is 5.32 Å². The Hall–Kier alpha value is -3.04. The van der Waals surface area contributed by atoms with Crippen molar-refractivity contribution in [2.75, 3.05) is 13.1 Å². The van der Waals surface area contributed by atoms with Crippen LogP contribution in [0.15, 0.2) is 57.9 Å². The van der Waals surface area contributed by atoms with Gasteiger partial charge in [-0.25, -0.2) is 8.42 Å². The van der Waals surface area contributed by atoms with Crippen molar-refractivity contribution in [1.82, 2.24) is 19.8 Å². The van der Waals surface area contributed by atoms with Gasteiger partial charge in [0, 0.05) is 38.0 Å². The summed E-state index contributed by atoms with van der Waals surface area (Å²) >= 11 is 0. The minimum atomic E-state index is -3.45. The van der Waals surface area contributed by atoms with Gasteiger partial charge in [-0.2, -0.15) is 9.29 Å². The molecule has 1 saturated heterocycles. The fraction of sp³-hybridized carbons (Fsp3) is 0.423. The molecule has 35 heavy (non-hydrogen) atoms. The number of aromatic nitrogens is 2. The van der Waals surface area contributed by atoms with Gasteiger partial charge in [-0.3, -0.25) is 4.79 Å². The van der Waals surface area contributed by atoms with E-state index >= 15 is 0 Å². The van der Waals surface area contributed by atoms with Crippen LogP contribution in [0.4, 0.5) is 0 Å². The maximum Gasteiger partial charge on any atom is 0.243 e. The molecule has 1 fully saturated rings. The molecule has 1 aliphatic rings. The number of nitrogens with one attached hydrogen (secondary N) is 1. The molecule has 9 heteroatoms. The average molecular weight is 497 g/mol. The molecule has 0 radical (unpaired) electrons. The Morgan fingerprint density at radius 1 is 1.03 bits per heavy atom. The molecule has 4 rings (SSSR count). The standard InChI is InChI=1S/C26H32N4O4S/c1-19(2)21-8-10-22(11-9-21)26-28-25(34-29-26)15-14-24(31)27-18-20-6-12-23(13-7-20)35(32,33)30-16-4-3-5-17-30/h6-13,19H,3-5,14-18H2,1-2H3,(H,27,31). The molecular weight excluding hydrogens is 464 g/mol. The second-order valence-corrected chi connectivity index (χ2v) is 11.1. The summed E-state index contributed by atoms with van der Waals surface area (Å²) in [4.78, 5) is 17.0. The van der Waals surface area contributed by atoms with Crippen molar-refractivity contribution in [1.29, 1.82) is 0 Å². The number of hydrogen-bond donors (Lipinski definition) is 1. The molecule has 2 aromatic carbocycles. The Labute approximate surface area is 206 Å². The summed E-state index contributed by atoms with van der Waals surface area (Å²) in [6, 6.07) is 14.8. The molecule has 1 amide bonds. The number of amides is 1. The highest BCUT2D eigenvalue weighted by Crippen LogP contribution is 2.22. The fourth-order valence-electron chi connectivity index (χ4n) is 4.03. The van der Waals surface area contributed by atoms with Crippen LogP contribution in [0.5, 0.6) is 0 Å². The minimum absolute atomic E-state index is 0.143. The third-order valence-electron chi connectivity index (χ3n) is 6.24. The van der Waals surface area contributed by atoms with E-state index in [-0.39, 0.29) is 12.3 Å². The van der Waals surface area contributed by atoms with Crippen molar-refractivity contribution in [3.63, 3.8) is 0 Å². The highest BCUT2D eigenvalue weighted by molar-refractivity contribution is 7.89. The maximum absolute atomic E-state index is 12.8. The van der Waals surface area contributed by atoms with E-state index in [4.69, 9.17) is 4.52 Å². The molecule has 1 N–H and O–H groups in total. The third-order valence-corrected chi connectivity index (χ3v) is 8.15. The lowest BCUT2D eigenvalue weighted by atomic mass is 10.0. The van der Waals surface area contributed by atoms with Crippen LogP contribution in [0.1, 0.15) is 62.5 Å². The third kappa shape index (κ3) is 6.35. The summed E-state index contributed by atoms with van der Waals surface area (Å²) in [5.74, 6) is 1.23. The molecule has 8 nitrogen and oxygen atoms in total. The summed E-state index contributed by atoms with van der Waals surface area (Å²) in [7, 11) is -3.45. The van der Waals surface area contributed by atoms with E-state index in [0.717, 1.165) is 30.4 Å². The summed E-state index contributed by atoms with van der Waals surface area (Å²) < 4.78 is 32.4. The zero-order chi connectivity index (χ0) is 24.8. The van der Waals surface area contributed by atoms with Crippen molar-refractivity contribution >= 4 is 15.9 Å². The molecule has 0 atom stereocenters. The number of aryl methyl sites for hydroxylation is 1. The van der Waals surface area contributed by atoms with E-state index in [9.17, 15) is 13.2 Å². The van der Waals surface area contributed by atoms with Gasteiger partial charge in [-0.1, -0.05) is 61.8 Å². The van der Waals surface area contributed by atoms with Crippen LogP contribution in [0.3, 0.4) is 0 Å². The predicted octanol–water partition coefficient (Wildman–Crippen LogP) is 4.28. The molecular formula is C26H32N4O4S. The Balaban J connectivity index is 1.25. The number of nitrogens with zero attached hydrogens (tertiary/aromatic N) is 3. The van der Waals surface area contributed by atoms with Crippen molar-refractivity contribution in [2.24, 2.45) is 0 Å². The van der Waals surface area contributed by atoms with Crippen LogP contribution in [-0.4, -0.2) is 41.9 Å². The van der Waals surface area contributed by atoms with Gasteiger partial charge in [0.15, 0.2) is 0 Å². The molecule has 0 saturated carbocycles. The highest BCUT2D eigenvalue weighted by atomic mass is 32.2. The second-order valence-electron chi connectivity index (χ2n) is 9.17. The van der Waals surface area contributed by atoms with Crippen molar-refractivity contribution < 1.29 is 17.7 Å². The number of rotatable bonds is 9. The van der Waals surface area contributed by atoms with Gasteiger partial charge in [-0.15, -0.1) is 0 Å². The number of sulfonamides is 1. The highest BCUT2D eigenvalue weighted by Gasteiger charge is 2.25. The fourth-order valence-corrected chi connectivity index (χ4v) is 5.55. The first-order valence-corrected chi connectivity index (χ1v) is 13.6. The first-order valence-electron chi connectivity index (χ1n) is 12.1. The lowest BCUT2D eigenvalue weighted by Crippen LogP contribution is -2.35. The number of carbonyl (C=O) groups is 1. The van der Waals surface area contributed by atoms with Gasteiger partial charge in [0.2, 0.25) is 27.6 Å². The molecule has 0 bridgehead atoms. The smallest absolute Gasteiger partial charge is 0.243 e. The SMILES string of the molecule is CC(C)c1ccc(-c2noc(CCC(=O)NCc3ccc(S(=O)(=O)N4CCCCC4)cc3)n2)cc1. The lowest BCUT2D eigenvalue weighted by molar-refractivity contribution is -0.121. The van der Waals surface area contributed by atoms with E-state index in [0.29, 0.717) is 48.6 Å². The maximum atomic E-state index is 12.8. The van der Waals surface area contributed by atoms with Crippen LogP contribution in [0, 0.1) is 0 Å². The normalized spacial score (nSPS) is 14.8. The Morgan fingerprint density at radius 2 is 1.71 bits per heavy atom. The van der Waals surface area contributed by atoms with Gasteiger partial charge >= 0.3 is 0 Å². The number of piperidine rings is 1. The number of hydrogen-bond acceptors (Lipinski definition) is 6. The number of benzene rings is 2. The first-order chi connectivity index (χ1) is 16.8. The largest absolute Gasteiger partial charge is 0.352 e. The van der Waals surface area contributed by atoms with E-state index in [2.05, 4.69) is 41.4 Å². The Bertz CT molecular complexity index is 1230. The van der Waals surface area contributed by atoms with E-state index in [1.54, 1.807) is 28.6 Å². The summed E-state index contributed by atoms with van der Waals surface area (Å²) in [5.41, 5.74) is 2.95. The molecule has 1 aliphatic heterocycles. The van der Waals surface area contributed by atoms with E-state index in [1.165, 1.54) is 5.56 Å². The molecule has 3 aromatic rings. The van der Waals surface area contributed by atoms with Gasteiger partial charge < -0.3 is 9.84 Å². The molecule has 186 valence electrons. The number of carbonyl (C=O) groups excluding carboxylic acids is 1. The van der Waals surface area contributed by atoms with Gasteiger partial charge in [0.05, 0.1) is 4.90 Å². The van der Waals surface area contributed by atoms with E-state index in [1.807, 2.05) is 12.1 Å². The first kappa shape index (κ1) is 25.1. The minimum Gasteiger partial charge on any atom is -0.352 e. The van der Waals surface area contributed by atoms with Crippen molar-refractivity contribution in [3.8, 4) is 11.4 Å². The quantitative estimate of drug-likeness (QED) is 0.474. The molecule has 0 aliphatic carbocycles. The monoisotopic (exact) mass is 496 g/mol. The lowest BCUT2D eigenvalue weighted by Gasteiger charge is -2.25. The second kappa shape index (κ2) is 11.1. The van der Waals surface area contributed by atoms with Crippen LogP contribution in [0.2, 0.25) is 0 Å². The van der Waals surface area contributed by atoms with Crippen LogP contribution in [0.25, 0.3) is 11.4 Å². The summed E-state index contributed by atoms with van der Waals surface area (Å²) in [5, 5.41) is 6.88. The zero-order valence-corrected chi connectivity index (χ0v) is 21.1. The van der Waals surface area contributed by atoms with Crippen LogP contribution >= 0.6 is 0 Å². The summed E-state index contributed by atoms with van der Waals surface area (Å²) in [6.07, 6.45) is 3.44. The molecule has 1 aromatic heterocycles. The molecule has 0 unspecified atom stereocenters. The Morgan fingerprint density at radius 3 is 2.37 bits per heavy atom. The molecule has 0 spiro atoms.